The van der Waals surface area contributed by atoms with E-state index in [-0.39, 0.29) is 0 Å². The van der Waals surface area contributed by atoms with Crippen molar-refractivity contribution in [1.82, 2.24) is 0 Å². The van der Waals surface area contributed by atoms with Crippen LogP contribution >= 0.6 is 34.8 Å². The van der Waals surface area contributed by atoms with Crippen molar-refractivity contribution in [3.63, 3.8) is 0 Å². The summed E-state index contributed by atoms with van der Waals surface area (Å²) in [5.41, 5.74) is 7.17. The first-order chi connectivity index (χ1) is 8.56. The second-order valence-electron chi connectivity index (χ2n) is 3.73. The summed E-state index contributed by atoms with van der Waals surface area (Å²) in [5.74, 6) is 0.544. The highest BCUT2D eigenvalue weighted by molar-refractivity contribution is 6.42. The van der Waals surface area contributed by atoms with E-state index < -0.39 is 0 Å². The third-order valence-corrected chi connectivity index (χ3v) is 3.38. The van der Waals surface area contributed by atoms with E-state index in [4.69, 9.17) is 45.3 Å². The second kappa shape index (κ2) is 5.70. The summed E-state index contributed by atoms with van der Waals surface area (Å²) >= 11 is 17.7. The molecule has 0 bridgehead atoms. The minimum Gasteiger partial charge on any atom is -0.487 e. The van der Waals surface area contributed by atoms with Gasteiger partial charge in [0.05, 0.1) is 15.1 Å². The molecule has 2 N–H and O–H groups in total. The van der Waals surface area contributed by atoms with E-state index in [1.54, 1.807) is 30.3 Å². The lowest BCUT2D eigenvalue weighted by Gasteiger charge is -2.09. The monoisotopic (exact) mass is 301 g/mol. The van der Waals surface area contributed by atoms with Crippen LogP contribution in [0.3, 0.4) is 0 Å². The van der Waals surface area contributed by atoms with Crippen LogP contribution in [0.25, 0.3) is 0 Å². The van der Waals surface area contributed by atoms with E-state index in [2.05, 4.69) is 0 Å². The first kappa shape index (κ1) is 13.3. The van der Waals surface area contributed by atoms with Gasteiger partial charge in [-0.1, -0.05) is 40.9 Å². The number of benzene rings is 2. The van der Waals surface area contributed by atoms with E-state index in [9.17, 15) is 0 Å². The zero-order valence-electron chi connectivity index (χ0n) is 9.29. The average molecular weight is 303 g/mol. The normalized spacial score (nSPS) is 10.4. The predicted octanol–water partition coefficient (Wildman–Crippen LogP) is 4.81. The van der Waals surface area contributed by atoms with Crippen LogP contribution < -0.4 is 10.5 Å². The zero-order valence-corrected chi connectivity index (χ0v) is 11.6. The molecule has 2 rings (SSSR count). The van der Waals surface area contributed by atoms with E-state index in [1.165, 1.54) is 0 Å². The Labute approximate surface area is 120 Å². The molecule has 0 saturated carbocycles. The number of hydrogen-bond donors (Lipinski definition) is 1. The molecular weight excluding hydrogens is 293 g/mol. The fourth-order valence-electron chi connectivity index (χ4n) is 1.42. The van der Waals surface area contributed by atoms with E-state index in [0.717, 1.165) is 5.56 Å². The molecule has 0 heterocycles. The topological polar surface area (TPSA) is 35.2 Å². The van der Waals surface area contributed by atoms with Crippen molar-refractivity contribution in [2.24, 2.45) is 0 Å². The Morgan fingerprint density at radius 2 is 1.61 bits per heavy atom. The zero-order chi connectivity index (χ0) is 13.1. The van der Waals surface area contributed by atoms with Gasteiger partial charge >= 0.3 is 0 Å². The molecule has 0 fully saturated rings. The summed E-state index contributed by atoms with van der Waals surface area (Å²) in [7, 11) is 0. The van der Waals surface area contributed by atoms with Gasteiger partial charge in [0.15, 0.2) is 0 Å². The average Bonchev–Trinajstić information content (AvgIpc) is 2.34. The largest absolute Gasteiger partial charge is 0.487 e. The van der Waals surface area contributed by atoms with Crippen molar-refractivity contribution in [3.8, 4) is 5.75 Å². The first-order valence-corrected chi connectivity index (χ1v) is 6.31. The van der Waals surface area contributed by atoms with Crippen LogP contribution in [0.4, 0.5) is 5.69 Å². The van der Waals surface area contributed by atoms with Gasteiger partial charge in [-0.05, 0) is 29.8 Å². The lowest BCUT2D eigenvalue weighted by atomic mass is 10.2. The molecule has 2 aromatic carbocycles. The van der Waals surface area contributed by atoms with Gasteiger partial charge in [-0.3, -0.25) is 0 Å². The highest BCUT2D eigenvalue weighted by Gasteiger charge is 2.04. The van der Waals surface area contributed by atoms with Crippen molar-refractivity contribution in [3.05, 3.63) is 57.0 Å². The molecule has 0 unspecified atom stereocenters. The Kier molecular flexibility index (Phi) is 4.23. The minimum absolute atomic E-state index is 0.347. The molecule has 0 aliphatic rings. The molecule has 0 aromatic heterocycles. The van der Waals surface area contributed by atoms with Gasteiger partial charge in [-0.25, -0.2) is 0 Å². The smallest absolute Gasteiger partial charge is 0.140 e. The first-order valence-electron chi connectivity index (χ1n) is 5.18. The van der Waals surface area contributed by atoms with Crippen LogP contribution in [0.1, 0.15) is 5.56 Å². The van der Waals surface area contributed by atoms with Gasteiger partial charge in [0.2, 0.25) is 0 Å². The van der Waals surface area contributed by atoms with E-state index in [1.807, 2.05) is 6.07 Å². The fourth-order valence-corrected chi connectivity index (χ4v) is 1.91. The van der Waals surface area contributed by atoms with Crippen molar-refractivity contribution in [1.29, 1.82) is 0 Å². The van der Waals surface area contributed by atoms with Gasteiger partial charge in [-0.15, -0.1) is 0 Å². The minimum atomic E-state index is 0.347. The maximum atomic E-state index is 5.99. The number of anilines is 1. The summed E-state index contributed by atoms with van der Waals surface area (Å²) in [4.78, 5) is 0. The molecule has 0 aliphatic carbocycles. The molecular formula is C13H10Cl3NO. The maximum absolute atomic E-state index is 5.99. The quantitative estimate of drug-likeness (QED) is 0.826. The Hall–Kier alpha value is -1.09. The van der Waals surface area contributed by atoms with Crippen LogP contribution in [0.5, 0.6) is 5.75 Å². The van der Waals surface area contributed by atoms with Crippen molar-refractivity contribution in [2.75, 3.05) is 5.73 Å². The number of halogens is 3. The molecule has 2 nitrogen and oxygen atoms in total. The summed E-state index contributed by atoms with van der Waals surface area (Å²) < 4.78 is 5.58. The molecule has 2 aromatic rings. The van der Waals surface area contributed by atoms with Crippen LogP contribution in [0, 0.1) is 0 Å². The molecule has 0 atom stereocenters. The SMILES string of the molecule is Nc1ccc(Cl)c(OCc2ccc(Cl)c(Cl)c2)c1. The van der Waals surface area contributed by atoms with Gasteiger partial charge in [0.25, 0.3) is 0 Å². The Morgan fingerprint density at radius 1 is 0.889 bits per heavy atom. The summed E-state index contributed by atoms with van der Waals surface area (Å²) in [6.07, 6.45) is 0. The third kappa shape index (κ3) is 3.22. The molecule has 94 valence electrons. The number of nitrogen functional groups attached to an aromatic ring is 1. The van der Waals surface area contributed by atoms with Crippen LogP contribution in [-0.2, 0) is 6.61 Å². The van der Waals surface area contributed by atoms with Crippen LogP contribution in [0.2, 0.25) is 15.1 Å². The molecule has 18 heavy (non-hydrogen) atoms. The summed E-state index contributed by atoms with van der Waals surface area (Å²) in [6, 6.07) is 10.4. The Bertz CT molecular complexity index is 572. The lowest BCUT2D eigenvalue weighted by Crippen LogP contribution is -1.97. The Morgan fingerprint density at radius 3 is 2.33 bits per heavy atom. The fraction of sp³-hybridized carbons (Fsp3) is 0.0769. The molecule has 0 amide bonds. The third-order valence-electron chi connectivity index (χ3n) is 2.33. The van der Waals surface area contributed by atoms with Crippen molar-refractivity contribution in [2.45, 2.75) is 6.61 Å². The van der Waals surface area contributed by atoms with Gasteiger partial charge in [0, 0.05) is 11.8 Å². The molecule has 5 heteroatoms. The standard InChI is InChI=1S/C13H10Cl3NO/c14-10-3-1-8(5-12(10)16)7-18-13-6-9(17)2-4-11(13)15/h1-6H,7,17H2. The Balaban J connectivity index is 2.11. The van der Waals surface area contributed by atoms with Crippen molar-refractivity contribution >= 4 is 40.5 Å². The van der Waals surface area contributed by atoms with Gasteiger partial charge < -0.3 is 10.5 Å². The molecule has 0 aliphatic heterocycles. The number of rotatable bonds is 3. The predicted molar refractivity (Wildman–Crippen MR) is 76.7 cm³/mol. The number of nitrogens with two attached hydrogens (primary N) is 1. The molecule has 0 saturated heterocycles. The number of hydrogen-bond acceptors (Lipinski definition) is 2. The van der Waals surface area contributed by atoms with Crippen molar-refractivity contribution < 1.29 is 4.74 Å². The summed E-state index contributed by atoms with van der Waals surface area (Å²) in [5, 5.41) is 1.53. The van der Waals surface area contributed by atoms with Crippen LogP contribution in [0.15, 0.2) is 36.4 Å². The van der Waals surface area contributed by atoms with E-state index >= 15 is 0 Å². The maximum Gasteiger partial charge on any atom is 0.140 e. The summed E-state index contributed by atoms with van der Waals surface area (Å²) in [6.45, 7) is 0.347. The molecule has 0 radical (unpaired) electrons. The lowest BCUT2D eigenvalue weighted by molar-refractivity contribution is 0.306. The highest BCUT2D eigenvalue weighted by Crippen LogP contribution is 2.28. The van der Waals surface area contributed by atoms with E-state index in [0.29, 0.717) is 33.1 Å². The molecule has 0 spiro atoms. The van der Waals surface area contributed by atoms with Crippen LogP contribution in [-0.4, -0.2) is 0 Å². The highest BCUT2D eigenvalue weighted by atomic mass is 35.5. The number of ether oxygens (including phenoxy) is 1. The van der Waals surface area contributed by atoms with Gasteiger partial charge in [0.1, 0.15) is 12.4 Å². The van der Waals surface area contributed by atoms with Gasteiger partial charge in [-0.2, -0.15) is 0 Å². The second-order valence-corrected chi connectivity index (χ2v) is 4.95.